The van der Waals surface area contributed by atoms with Gasteiger partial charge in [0.1, 0.15) is 5.67 Å². The van der Waals surface area contributed by atoms with Crippen molar-refractivity contribution < 1.29 is 13.7 Å². The summed E-state index contributed by atoms with van der Waals surface area (Å²) < 4.78 is 25.4. The standard InChI is InChI=1S/C17H17FN4O2/c1-11-10-14(21-20-11)16-19-15(22-24-16)12-2-4-13(5-3-12)17(18)6-8-23-9-7-17/h2-5,10H,6-9H2,1H3,(H,20,21). The second kappa shape index (κ2) is 5.83. The van der Waals surface area contributed by atoms with Gasteiger partial charge in [0.25, 0.3) is 5.89 Å². The van der Waals surface area contributed by atoms with E-state index in [-0.39, 0.29) is 0 Å². The number of aromatic amines is 1. The molecule has 1 saturated heterocycles. The van der Waals surface area contributed by atoms with Crippen LogP contribution < -0.4 is 0 Å². The van der Waals surface area contributed by atoms with Crippen LogP contribution in [0.3, 0.4) is 0 Å². The molecule has 1 N–H and O–H groups in total. The molecular weight excluding hydrogens is 311 g/mol. The Kier molecular flexibility index (Phi) is 3.65. The molecule has 0 aliphatic carbocycles. The van der Waals surface area contributed by atoms with E-state index < -0.39 is 5.67 Å². The van der Waals surface area contributed by atoms with Crippen molar-refractivity contribution in [2.45, 2.75) is 25.4 Å². The molecule has 0 amide bonds. The Morgan fingerprint density at radius 2 is 1.92 bits per heavy atom. The summed E-state index contributed by atoms with van der Waals surface area (Å²) in [5, 5.41) is 10.9. The molecule has 0 spiro atoms. The van der Waals surface area contributed by atoms with Crippen molar-refractivity contribution in [2.24, 2.45) is 0 Å². The SMILES string of the molecule is Cc1cc(-c2nc(-c3ccc(C4(F)CCOCC4)cc3)no2)n[nH]1. The molecule has 1 fully saturated rings. The number of hydrogen-bond donors (Lipinski definition) is 1. The summed E-state index contributed by atoms with van der Waals surface area (Å²) in [5.74, 6) is 0.807. The smallest absolute Gasteiger partial charge is 0.278 e. The van der Waals surface area contributed by atoms with Gasteiger partial charge in [-0.2, -0.15) is 10.1 Å². The highest BCUT2D eigenvalue weighted by Crippen LogP contribution is 2.36. The maximum Gasteiger partial charge on any atom is 0.278 e. The van der Waals surface area contributed by atoms with E-state index in [4.69, 9.17) is 9.26 Å². The lowest BCUT2D eigenvalue weighted by atomic mass is 9.88. The number of ether oxygens (including phenoxy) is 1. The third-order valence-corrected chi connectivity index (χ3v) is 4.30. The van der Waals surface area contributed by atoms with E-state index in [9.17, 15) is 4.39 Å². The lowest BCUT2D eigenvalue weighted by molar-refractivity contribution is -0.0114. The molecule has 0 bridgehead atoms. The zero-order chi connectivity index (χ0) is 16.6. The first-order valence-corrected chi connectivity index (χ1v) is 7.88. The molecule has 0 atom stereocenters. The van der Waals surface area contributed by atoms with Gasteiger partial charge in [0.05, 0.1) is 0 Å². The summed E-state index contributed by atoms with van der Waals surface area (Å²) in [4.78, 5) is 4.35. The summed E-state index contributed by atoms with van der Waals surface area (Å²) in [6.45, 7) is 2.81. The Bertz CT molecular complexity index is 834. The second-order valence-corrected chi connectivity index (χ2v) is 6.01. The Balaban J connectivity index is 1.58. The number of aromatic nitrogens is 4. The number of benzene rings is 1. The van der Waals surface area contributed by atoms with Crippen molar-refractivity contribution in [3.05, 3.63) is 41.6 Å². The first-order valence-electron chi connectivity index (χ1n) is 7.88. The highest BCUT2D eigenvalue weighted by atomic mass is 19.1. The summed E-state index contributed by atoms with van der Waals surface area (Å²) in [7, 11) is 0. The van der Waals surface area contributed by atoms with Crippen LogP contribution in [0.25, 0.3) is 23.0 Å². The zero-order valence-electron chi connectivity index (χ0n) is 13.3. The molecule has 1 aliphatic heterocycles. The first-order chi connectivity index (χ1) is 11.6. The minimum atomic E-state index is -1.31. The fourth-order valence-electron chi connectivity index (χ4n) is 2.87. The number of halogens is 1. The summed E-state index contributed by atoms with van der Waals surface area (Å²) >= 11 is 0. The van der Waals surface area contributed by atoms with Crippen LogP contribution in [-0.4, -0.2) is 33.6 Å². The molecule has 4 rings (SSSR count). The number of nitrogens with zero attached hydrogens (tertiary/aromatic N) is 3. The van der Waals surface area contributed by atoms with Crippen molar-refractivity contribution >= 4 is 0 Å². The number of rotatable bonds is 3. The van der Waals surface area contributed by atoms with Crippen LogP contribution in [0.5, 0.6) is 0 Å². The van der Waals surface area contributed by atoms with Gasteiger partial charge in [-0.25, -0.2) is 4.39 Å². The predicted molar refractivity (Wildman–Crippen MR) is 84.9 cm³/mol. The molecule has 6 nitrogen and oxygen atoms in total. The minimum absolute atomic E-state index is 0.352. The van der Waals surface area contributed by atoms with Crippen molar-refractivity contribution in [1.82, 2.24) is 20.3 Å². The predicted octanol–water partition coefficient (Wildman–Crippen LogP) is 3.41. The van der Waals surface area contributed by atoms with Crippen molar-refractivity contribution in [3.8, 4) is 23.0 Å². The average molecular weight is 328 g/mol. The van der Waals surface area contributed by atoms with Gasteiger partial charge in [0.15, 0.2) is 5.69 Å². The van der Waals surface area contributed by atoms with Gasteiger partial charge in [-0.15, -0.1) is 0 Å². The highest BCUT2D eigenvalue weighted by Gasteiger charge is 2.34. The van der Waals surface area contributed by atoms with E-state index in [0.29, 0.717) is 49.0 Å². The fourth-order valence-corrected chi connectivity index (χ4v) is 2.87. The van der Waals surface area contributed by atoms with E-state index >= 15 is 0 Å². The fraction of sp³-hybridized carbons (Fsp3) is 0.353. The van der Waals surface area contributed by atoms with Gasteiger partial charge in [-0.05, 0) is 18.6 Å². The third kappa shape index (κ3) is 2.71. The first kappa shape index (κ1) is 15.0. The molecule has 1 aromatic carbocycles. The lowest BCUT2D eigenvalue weighted by Crippen LogP contribution is -2.29. The van der Waals surface area contributed by atoms with Gasteiger partial charge in [0, 0.05) is 37.3 Å². The lowest BCUT2D eigenvalue weighted by Gasteiger charge is -2.29. The molecule has 2 aromatic heterocycles. The van der Waals surface area contributed by atoms with E-state index in [0.717, 1.165) is 11.3 Å². The van der Waals surface area contributed by atoms with Gasteiger partial charge in [0.2, 0.25) is 5.82 Å². The topological polar surface area (TPSA) is 76.8 Å². The molecule has 1 aliphatic rings. The molecule has 7 heteroatoms. The largest absolute Gasteiger partial charge is 0.381 e. The minimum Gasteiger partial charge on any atom is -0.381 e. The maximum atomic E-state index is 14.9. The number of hydrogen-bond acceptors (Lipinski definition) is 5. The van der Waals surface area contributed by atoms with Crippen molar-refractivity contribution in [2.75, 3.05) is 13.2 Å². The molecule has 24 heavy (non-hydrogen) atoms. The van der Waals surface area contributed by atoms with Crippen molar-refractivity contribution in [1.29, 1.82) is 0 Å². The van der Waals surface area contributed by atoms with Crippen molar-refractivity contribution in [3.63, 3.8) is 0 Å². The van der Waals surface area contributed by atoms with Gasteiger partial charge in [-0.1, -0.05) is 29.4 Å². The average Bonchev–Trinajstić information content (AvgIpc) is 3.25. The van der Waals surface area contributed by atoms with Gasteiger partial charge in [-0.3, -0.25) is 5.10 Å². The molecule has 124 valence electrons. The highest BCUT2D eigenvalue weighted by molar-refractivity contribution is 5.58. The molecule has 3 aromatic rings. The Morgan fingerprint density at radius 1 is 1.17 bits per heavy atom. The molecule has 0 radical (unpaired) electrons. The monoisotopic (exact) mass is 328 g/mol. The maximum absolute atomic E-state index is 14.9. The van der Waals surface area contributed by atoms with Crippen LogP contribution >= 0.6 is 0 Å². The van der Waals surface area contributed by atoms with E-state index in [1.807, 2.05) is 25.1 Å². The van der Waals surface area contributed by atoms with E-state index in [2.05, 4.69) is 20.3 Å². The zero-order valence-corrected chi connectivity index (χ0v) is 13.3. The van der Waals surface area contributed by atoms with Crippen LogP contribution in [0.4, 0.5) is 4.39 Å². The van der Waals surface area contributed by atoms with E-state index in [1.165, 1.54) is 0 Å². The van der Waals surface area contributed by atoms with Crippen LogP contribution in [0.1, 0.15) is 24.1 Å². The number of nitrogens with one attached hydrogen (secondary N) is 1. The second-order valence-electron chi connectivity index (χ2n) is 6.01. The van der Waals surface area contributed by atoms with Gasteiger partial charge < -0.3 is 9.26 Å². The van der Waals surface area contributed by atoms with E-state index in [1.54, 1.807) is 12.1 Å². The third-order valence-electron chi connectivity index (χ3n) is 4.30. The van der Waals surface area contributed by atoms with Crippen LogP contribution in [-0.2, 0) is 10.4 Å². The summed E-state index contributed by atoms with van der Waals surface area (Å²) in [5.41, 5.74) is 1.65. The number of H-pyrrole nitrogens is 1. The Morgan fingerprint density at radius 3 is 2.58 bits per heavy atom. The van der Waals surface area contributed by atoms with Gasteiger partial charge >= 0.3 is 0 Å². The normalized spacial score (nSPS) is 17.1. The Labute approximate surface area is 138 Å². The summed E-state index contributed by atoms with van der Waals surface area (Å²) in [6.07, 6.45) is 0.772. The van der Waals surface area contributed by atoms with Crippen LogP contribution in [0.2, 0.25) is 0 Å². The Hall–Kier alpha value is -2.54. The number of aryl methyl sites for hydroxylation is 1. The quantitative estimate of drug-likeness (QED) is 0.797. The molecule has 0 saturated carbocycles. The molecular formula is C17H17FN4O2. The molecule has 3 heterocycles. The molecule has 0 unspecified atom stereocenters. The van der Waals surface area contributed by atoms with Crippen LogP contribution in [0, 0.1) is 6.92 Å². The number of alkyl halides is 1. The summed E-state index contributed by atoms with van der Waals surface area (Å²) in [6, 6.07) is 9.04. The van der Waals surface area contributed by atoms with Crippen LogP contribution in [0.15, 0.2) is 34.9 Å².